The standard InChI is InChI=1S/C19H14N6OS2/c20-9-13-17(12-4-7-27-11-12)14(10-21)19(25-18(13)22)28-8-5-16(26)24-15-3-1-2-6-23-15/h1-4,6-7,11H,5,8H2,(H2,22,25)(H,23,24,26). The van der Waals surface area contributed by atoms with E-state index >= 15 is 0 Å². The number of thioether (sulfide) groups is 1. The topological polar surface area (TPSA) is 128 Å². The number of thiophene rings is 1. The van der Waals surface area contributed by atoms with Gasteiger partial charge in [-0.15, -0.1) is 11.8 Å². The molecule has 0 fully saturated rings. The number of nitriles is 2. The summed E-state index contributed by atoms with van der Waals surface area (Å²) in [6, 6.07) is 11.3. The molecule has 0 spiro atoms. The van der Waals surface area contributed by atoms with E-state index in [-0.39, 0.29) is 23.7 Å². The van der Waals surface area contributed by atoms with Crippen molar-refractivity contribution in [3.8, 4) is 23.3 Å². The van der Waals surface area contributed by atoms with E-state index in [1.165, 1.54) is 23.1 Å². The molecule has 0 radical (unpaired) electrons. The summed E-state index contributed by atoms with van der Waals surface area (Å²) < 4.78 is 0. The van der Waals surface area contributed by atoms with E-state index in [1.807, 2.05) is 22.9 Å². The summed E-state index contributed by atoms with van der Waals surface area (Å²) in [5, 5.41) is 26.0. The third-order valence-corrected chi connectivity index (χ3v) is 5.39. The summed E-state index contributed by atoms with van der Waals surface area (Å²) in [6.45, 7) is 0. The zero-order chi connectivity index (χ0) is 19.9. The molecule has 0 aromatic carbocycles. The molecule has 138 valence electrons. The highest BCUT2D eigenvalue weighted by Gasteiger charge is 2.20. The van der Waals surface area contributed by atoms with Crippen LogP contribution in [-0.2, 0) is 4.79 Å². The van der Waals surface area contributed by atoms with Crippen molar-refractivity contribution in [2.75, 3.05) is 16.8 Å². The van der Waals surface area contributed by atoms with E-state index < -0.39 is 0 Å². The Morgan fingerprint density at radius 1 is 1.25 bits per heavy atom. The number of nitrogens with zero attached hydrogens (tertiary/aromatic N) is 4. The first-order valence-corrected chi connectivity index (χ1v) is 10.1. The van der Waals surface area contributed by atoms with Crippen LogP contribution in [0.4, 0.5) is 11.6 Å². The number of aromatic nitrogens is 2. The first-order chi connectivity index (χ1) is 13.6. The van der Waals surface area contributed by atoms with Crippen molar-refractivity contribution in [3.63, 3.8) is 0 Å². The van der Waals surface area contributed by atoms with Crippen molar-refractivity contribution in [3.05, 3.63) is 52.3 Å². The number of nitrogens with one attached hydrogen (secondary N) is 1. The fourth-order valence-electron chi connectivity index (χ4n) is 2.48. The average molecular weight is 406 g/mol. The van der Waals surface area contributed by atoms with E-state index in [0.29, 0.717) is 27.7 Å². The number of carbonyl (C=O) groups excluding carboxylic acids is 1. The van der Waals surface area contributed by atoms with Crippen LogP contribution in [0, 0.1) is 22.7 Å². The van der Waals surface area contributed by atoms with Gasteiger partial charge in [0, 0.05) is 23.9 Å². The lowest BCUT2D eigenvalue weighted by atomic mass is 9.99. The molecular weight excluding hydrogens is 392 g/mol. The highest BCUT2D eigenvalue weighted by atomic mass is 32.2. The minimum absolute atomic E-state index is 0.0723. The monoisotopic (exact) mass is 406 g/mol. The molecule has 0 bridgehead atoms. The van der Waals surface area contributed by atoms with Gasteiger partial charge in [-0.25, -0.2) is 9.97 Å². The number of hydrogen-bond acceptors (Lipinski definition) is 8. The van der Waals surface area contributed by atoms with Gasteiger partial charge in [-0.05, 0) is 34.5 Å². The van der Waals surface area contributed by atoms with Crippen LogP contribution >= 0.6 is 23.1 Å². The van der Waals surface area contributed by atoms with Gasteiger partial charge in [0.1, 0.15) is 34.4 Å². The van der Waals surface area contributed by atoms with Crippen molar-refractivity contribution in [2.24, 2.45) is 0 Å². The summed E-state index contributed by atoms with van der Waals surface area (Å²) >= 11 is 2.72. The number of carbonyl (C=O) groups is 1. The highest BCUT2D eigenvalue weighted by Crippen LogP contribution is 2.36. The fourth-order valence-corrected chi connectivity index (χ4v) is 4.06. The number of nitrogen functional groups attached to an aromatic ring is 1. The molecule has 0 unspecified atom stereocenters. The Hall–Kier alpha value is -3.40. The maximum atomic E-state index is 12.1. The van der Waals surface area contributed by atoms with Crippen LogP contribution in [0.2, 0.25) is 0 Å². The van der Waals surface area contributed by atoms with Gasteiger partial charge in [-0.2, -0.15) is 21.9 Å². The van der Waals surface area contributed by atoms with Gasteiger partial charge in [-0.1, -0.05) is 6.07 Å². The zero-order valence-electron chi connectivity index (χ0n) is 14.5. The summed E-state index contributed by atoms with van der Waals surface area (Å²) in [6.07, 6.45) is 1.81. The SMILES string of the molecule is N#Cc1c(N)nc(SCCC(=O)Nc2ccccn2)c(C#N)c1-c1ccsc1. The van der Waals surface area contributed by atoms with Crippen LogP contribution in [0.25, 0.3) is 11.1 Å². The largest absolute Gasteiger partial charge is 0.383 e. The lowest BCUT2D eigenvalue weighted by Crippen LogP contribution is -2.13. The predicted octanol–water partition coefficient (Wildman–Crippen LogP) is 3.65. The molecule has 3 heterocycles. The van der Waals surface area contributed by atoms with Gasteiger partial charge in [0.25, 0.3) is 0 Å². The lowest BCUT2D eigenvalue weighted by molar-refractivity contribution is -0.115. The second-order valence-corrected chi connectivity index (χ2v) is 7.39. The second-order valence-electron chi connectivity index (χ2n) is 5.52. The number of rotatable bonds is 6. The van der Waals surface area contributed by atoms with Gasteiger partial charge < -0.3 is 11.1 Å². The number of amides is 1. The van der Waals surface area contributed by atoms with Crippen molar-refractivity contribution < 1.29 is 4.79 Å². The summed E-state index contributed by atoms with van der Waals surface area (Å²) in [4.78, 5) is 20.3. The smallest absolute Gasteiger partial charge is 0.226 e. The molecule has 0 aliphatic carbocycles. The number of hydrogen-bond donors (Lipinski definition) is 2. The van der Waals surface area contributed by atoms with Crippen LogP contribution in [0.15, 0.2) is 46.2 Å². The normalized spacial score (nSPS) is 10.1. The Labute approximate surface area is 169 Å². The number of pyridine rings is 2. The molecule has 9 heteroatoms. The van der Waals surface area contributed by atoms with Crippen LogP contribution in [0.5, 0.6) is 0 Å². The van der Waals surface area contributed by atoms with Crippen molar-refractivity contribution >= 4 is 40.6 Å². The second kappa shape index (κ2) is 9.00. The molecule has 7 nitrogen and oxygen atoms in total. The van der Waals surface area contributed by atoms with Gasteiger partial charge in [0.05, 0.1) is 5.56 Å². The van der Waals surface area contributed by atoms with Gasteiger partial charge in [0.15, 0.2) is 0 Å². The molecule has 0 aliphatic heterocycles. The Kier molecular flexibility index (Phi) is 6.22. The van der Waals surface area contributed by atoms with E-state index in [0.717, 1.165) is 5.56 Å². The maximum absolute atomic E-state index is 12.1. The van der Waals surface area contributed by atoms with Crippen molar-refractivity contribution in [2.45, 2.75) is 11.4 Å². The van der Waals surface area contributed by atoms with E-state index in [1.54, 1.807) is 24.4 Å². The van der Waals surface area contributed by atoms with Crippen molar-refractivity contribution in [1.29, 1.82) is 10.5 Å². The third-order valence-electron chi connectivity index (χ3n) is 3.73. The van der Waals surface area contributed by atoms with Crippen molar-refractivity contribution in [1.82, 2.24) is 9.97 Å². The quantitative estimate of drug-likeness (QED) is 0.598. The molecule has 3 aromatic rings. The third kappa shape index (κ3) is 4.29. The molecule has 3 N–H and O–H groups in total. The fraction of sp³-hybridized carbons (Fsp3) is 0.105. The molecule has 0 saturated carbocycles. The first-order valence-electron chi connectivity index (χ1n) is 8.14. The summed E-state index contributed by atoms with van der Waals surface area (Å²) in [5.41, 5.74) is 7.67. The molecule has 0 aliphatic rings. The Morgan fingerprint density at radius 2 is 2.07 bits per heavy atom. The highest BCUT2D eigenvalue weighted by molar-refractivity contribution is 7.99. The van der Waals surface area contributed by atoms with Crippen LogP contribution in [-0.4, -0.2) is 21.6 Å². The molecule has 1 amide bonds. The van der Waals surface area contributed by atoms with E-state index in [9.17, 15) is 15.3 Å². The predicted molar refractivity (Wildman–Crippen MR) is 110 cm³/mol. The Bertz CT molecular complexity index is 1070. The van der Waals surface area contributed by atoms with Crippen LogP contribution in [0.1, 0.15) is 17.5 Å². The summed E-state index contributed by atoms with van der Waals surface area (Å²) in [7, 11) is 0. The lowest BCUT2D eigenvalue weighted by Gasteiger charge is -2.11. The van der Waals surface area contributed by atoms with Gasteiger partial charge >= 0.3 is 0 Å². The molecule has 3 rings (SSSR count). The number of nitrogens with two attached hydrogens (primary N) is 1. The molecule has 3 aromatic heterocycles. The maximum Gasteiger partial charge on any atom is 0.226 e. The Balaban J connectivity index is 1.78. The summed E-state index contributed by atoms with van der Waals surface area (Å²) in [5.74, 6) is 0.762. The minimum Gasteiger partial charge on any atom is -0.383 e. The zero-order valence-corrected chi connectivity index (χ0v) is 16.2. The Morgan fingerprint density at radius 3 is 2.71 bits per heavy atom. The first kappa shape index (κ1) is 19.4. The van der Waals surface area contributed by atoms with E-state index in [2.05, 4.69) is 21.4 Å². The minimum atomic E-state index is -0.190. The molecule has 0 saturated heterocycles. The van der Waals surface area contributed by atoms with Gasteiger partial charge in [-0.3, -0.25) is 4.79 Å². The molecule has 0 atom stereocenters. The van der Waals surface area contributed by atoms with Gasteiger partial charge in [0.2, 0.25) is 5.91 Å². The molecule has 28 heavy (non-hydrogen) atoms. The number of anilines is 2. The van der Waals surface area contributed by atoms with Crippen LogP contribution < -0.4 is 11.1 Å². The molecular formula is C19H14N6OS2. The average Bonchev–Trinajstić information content (AvgIpc) is 3.22. The van der Waals surface area contributed by atoms with Crippen LogP contribution in [0.3, 0.4) is 0 Å². The van der Waals surface area contributed by atoms with E-state index in [4.69, 9.17) is 5.73 Å².